The second kappa shape index (κ2) is 9.75. The Balaban J connectivity index is 1.43. The highest BCUT2D eigenvalue weighted by molar-refractivity contribution is 6.00. The zero-order chi connectivity index (χ0) is 21.6. The molecule has 3 amide bonds. The molecular formula is C24H27N3O4. The van der Waals surface area contributed by atoms with Crippen molar-refractivity contribution in [3.8, 4) is 0 Å². The average Bonchev–Trinajstić information content (AvgIpc) is 3.41. The van der Waals surface area contributed by atoms with Gasteiger partial charge in [0.2, 0.25) is 5.91 Å². The Kier molecular flexibility index (Phi) is 6.62. The fourth-order valence-corrected chi connectivity index (χ4v) is 3.58. The second-order valence-electron chi connectivity index (χ2n) is 8.07. The molecular weight excluding hydrogens is 394 g/mol. The van der Waals surface area contributed by atoms with Gasteiger partial charge in [0.05, 0.1) is 0 Å². The van der Waals surface area contributed by atoms with Crippen LogP contribution in [-0.4, -0.2) is 42.5 Å². The minimum Gasteiger partial charge on any atom is -0.368 e. The number of hydrogen-bond acceptors (Lipinski definition) is 4. The van der Waals surface area contributed by atoms with Crippen LogP contribution in [0.2, 0.25) is 0 Å². The highest BCUT2D eigenvalue weighted by Crippen LogP contribution is 2.19. The van der Waals surface area contributed by atoms with Gasteiger partial charge in [0, 0.05) is 30.3 Å². The summed E-state index contributed by atoms with van der Waals surface area (Å²) in [4.78, 5) is 37.9. The van der Waals surface area contributed by atoms with Crippen LogP contribution < -0.4 is 16.0 Å². The van der Waals surface area contributed by atoms with Crippen LogP contribution in [0.15, 0.2) is 54.6 Å². The molecule has 2 aromatic carbocycles. The molecule has 1 saturated heterocycles. The number of rotatable bonds is 8. The minimum atomic E-state index is -0.680. The van der Waals surface area contributed by atoms with Gasteiger partial charge in [0.15, 0.2) is 0 Å². The summed E-state index contributed by atoms with van der Waals surface area (Å²) >= 11 is 0. The first kappa shape index (κ1) is 21.1. The van der Waals surface area contributed by atoms with Crippen LogP contribution in [-0.2, 0) is 20.7 Å². The Bertz CT molecular complexity index is 937. The predicted octanol–water partition coefficient (Wildman–Crippen LogP) is 2.42. The van der Waals surface area contributed by atoms with E-state index in [2.05, 4.69) is 16.0 Å². The minimum absolute atomic E-state index is 0.178. The number of nitrogens with one attached hydrogen (secondary N) is 3. The van der Waals surface area contributed by atoms with E-state index in [0.29, 0.717) is 30.7 Å². The summed E-state index contributed by atoms with van der Waals surface area (Å²) in [5, 5.41) is 8.64. The average molecular weight is 421 g/mol. The van der Waals surface area contributed by atoms with Crippen molar-refractivity contribution in [1.29, 1.82) is 0 Å². The number of hydrogen-bond donors (Lipinski definition) is 3. The van der Waals surface area contributed by atoms with Crippen molar-refractivity contribution in [3.05, 3.63) is 65.7 Å². The molecule has 2 fully saturated rings. The zero-order valence-corrected chi connectivity index (χ0v) is 17.3. The van der Waals surface area contributed by atoms with E-state index >= 15 is 0 Å². The number of carbonyl (C=O) groups excluding carboxylic acids is 3. The van der Waals surface area contributed by atoms with Crippen molar-refractivity contribution in [2.45, 2.75) is 50.3 Å². The molecule has 1 aliphatic carbocycles. The van der Waals surface area contributed by atoms with Gasteiger partial charge in [-0.3, -0.25) is 14.4 Å². The SMILES string of the molecule is O=C(NC(Cc1ccccc1)C(=O)NC1CC1)c1cccc(NC(=O)C2CCCO2)c1. The summed E-state index contributed by atoms with van der Waals surface area (Å²) in [6, 6.07) is 15.8. The lowest BCUT2D eigenvalue weighted by Crippen LogP contribution is -2.48. The maximum absolute atomic E-state index is 12.9. The summed E-state index contributed by atoms with van der Waals surface area (Å²) < 4.78 is 5.40. The van der Waals surface area contributed by atoms with Gasteiger partial charge < -0.3 is 20.7 Å². The van der Waals surface area contributed by atoms with Crippen LogP contribution in [0.25, 0.3) is 0 Å². The third kappa shape index (κ3) is 5.92. The molecule has 0 bridgehead atoms. The van der Waals surface area contributed by atoms with Crippen LogP contribution in [0.1, 0.15) is 41.6 Å². The summed E-state index contributed by atoms with van der Waals surface area (Å²) in [6.45, 7) is 0.590. The molecule has 2 unspecified atom stereocenters. The number of carbonyl (C=O) groups is 3. The molecule has 2 aromatic rings. The van der Waals surface area contributed by atoms with Crippen molar-refractivity contribution >= 4 is 23.4 Å². The lowest BCUT2D eigenvalue weighted by molar-refractivity contribution is -0.124. The smallest absolute Gasteiger partial charge is 0.253 e. The van der Waals surface area contributed by atoms with E-state index in [4.69, 9.17) is 4.74 Å². The first-order chi connectivity index (χ1) is 15.1. The quantitative estimate of drug-likeness (QED) is 0.610. The summed E-state index contributed by atoms with van der Waals surface area (Å²) in [5.41, 5.74) is 1.87. The summed E-state index contributed by atoms with van der Waals surface area (Å²) in [7, 11) is 0. The van der Waals surface area contributed by atoms with Crippen molar-refractivity contribution in [3.63, 3.8) is 0 Å². The fourth-order valence-electron chi connectivity index (χ4n) is 3.58. The van der Waals surface area contributed by atoms with Crippen molar-refractivity contribution < 1.29 is 19.1 Å². The largest absolute Gasteiger partial charge is 0.368 e. The number of benzene rings is 2. The Morgan fingerprint density at radius 1 is 1.00 bits per heavy atom. The van der Waals surface area contributed by atoms with E-state index in [9.17, 15) is 14.4 Å². The van der Waals surface area contributed by atoms with Gasteiger partial charge in [-0.25, -0.2) is 0 Å². The second-order valence-corrected chi connectivity index (χ2v) is 8.07. The van der Waals surface area contributed by atoms with E-state index in [1.165, 1.54) is 0 Å². The molecule has 0 aromatic heterocycles. The standard InChI is InChI=1S/C24H27N3O4/c28-22(17-8-4-9-19(15-17)26-24(30)21-10-5-13-31-21)27-20(23(29)25-18-11-12-18)14-16-6-2-1-3-7-16/h1-4,6-9,15,18,20-21H,5,10-14H2,(H,25,29)(H,26,30)(H,27,28). The van der Waals surface area contributed by atoms with Crippen LogP contribution >= 0.6 is 0 Å². The molecule has 3 N–H and O–H groups in total. The Morgan fingerprint density at radius 2 is 1.81 bits per heavy atom. The number of ether oxygens (including phenoxy) is 1. The van der Waals surface area contributed by atoms with E-state index in [1.807, 2.05) is 30.3 Å². The molecule has 0 radical (unpaired) electrons. The first-order valence-corrected chi connectivity index (χ1v) is 10.8. The van der Waals surface area contributed by atoms with Crippen molar-refractivity contribution in [2.24, 2.45) is 0 Å². The van der Waals surface area contributed by atoms with Crippen LogP contribution in [0.3, 0.4) is 0 Å². The van der Waals surface area contributed by atoms with Gasteiger partial charge in [-0.1, -0.05) is 36.4 Å². The van der Waals surface area contributed by atoms with Gasteiger partial charge in [0.1, 0.15) is 12.1 Å². The Labute approximate surface area is 181 Å². The van der Waals surface area contributed by atoms with Crippen molar-refractivity contribution in [2.75, 3.05) is 11.9 Å². The molecule has 2 aliphatic rings. The van der Waals surface area contributed by atoms with Crippen LogP contribution in [0, 0.1) is 0 Å². The molecule has 0 spiro atoms. The molecule has 31 heavy (non-hydrogen) atoms. The first-order valence-electron chi connectivity index (χ1n) is 10.8. The predicted molar refractivity (Wildman–Crippen MR) is 117 cm³/mol. The van der Waals surface area contributed by atoms with Crippen molar-refractivity contribution in [1.82, 2.24) is 10.6 Å². The molecule has 2 atom stereocenters. The lowest BCUT2D eigenvalue weighted by Gasteiger charge is -2.19. The van der Waals surface area contributed by atoms with Crippen LogP contribution in [0.4, 0.5) is 5.69 Å². The van der Waals surface area contributed by atoms with Gasteiger partial charge in [-0.2, -0.15) is 0 Å². The summed E-state index contributed by atoms with van der Waals surface area (Å²) in [6.07, 6.45) is 3.48. The monoisotopic (exact) mass is 421 g/mol. The third-order valence-electron chi connectivity index (χ3n) is 5.44. The van der Waals surface area contributed by atoms with E-state index < -0.39 is 12.1 Å². The highest BCUT2D eigenvalue weighted by atomic mass is 16.5. The maximum Gasteiger partial charge on any atom is 0.253 e. The topological polar surface area (TPSA) is 96.5 Å². The maximum atomic E-state index is 12.9. The molecule has 1 aliphatic heterocycles. The number of anilines is 1. The third-order valence-corrected chi connectivity index (χ3v) is 5.44. The molecule has 7 heteroatoms. The molecule has 162 valence electrons. The molecule has 7 nitrogen and oxygen atoms in total. The molecule has 4 rings (SSSR count). The fraction of sp³-hybridized carbons (Fsp3) is 0.375. The Morgan fingerprint density at radius 3 is 2.52 bits per heavy atom. The summed E-state index contributed by atoms with van der Waals surface area (Å²) in [5.74, 6) is -0.747. The number of amides is 3. The zero-order valence-electron chi connectivity index (χ0n) is 17.3. The van der Waals surface area contributed by atoms with Gasteiger partial charge in [-0.05, 0) is 49.4 Å². The molecule has 1 saturated carbocycles. The van der Waals surface area contributed by atoms with E-state index in [0.717, 1.165) is 24.8 Å². The van der Waals surface area contributed by atoms with Gasteiger partial charge in [0.25, 0.3) is 11.8 Å². The van der Waals surface area contributed by atoms with Crippen LogP contribution in [0.5, 0.6) is 0 Å². The molecule has 1 heterocycles. The van der Waals surface area contributed by atoms with E-state index in [-0.39, 0.29) is 23.8 Å². The Hall–Kier alpha value is -3.19. The lowest BCUT2D eigenvalue weighted by atomic mass is 10.0. The van der Waals surface area contributed by atoms with Gasteiger partial charge >= 0.3 is 0 Å². The highest BCUT2D eigenvalue weighted by Gasteiger charge is 2.29. The normalized spacial score (nSPS) is 18.8. The van der Waals surface area contributed by atoms with Gasteiger partial charge in [-0.15, -0.1) is 0 Å². The van der Waals surface area contributed by atoms with E-state index in [1.54, 1.807) is 24.3 Å².